The molecular formula is C20H25N5O. The van der Waals surface area contributed by atoms with Gasteiger partial charge in [-0.15, -0.1) is 0 Å². The van der Waals surface area contributed by atoms with Crippen LogP contribution in [0.15, 0.2) is 42.7 Å². The number of amides is 1. The normalized spacial score (nSPS) is 19.2. The lowest BCUT2D eigenvalue weighted by Gasteiger charge is -2.34. The van der Waals surface area contributed by atoms with E-state index in [0.717, 1.165) is 51.5 Å². The van der Waals surface area contributed by atoms with Gasteiger partial charge in [-0.2, -0.15) is 0 Å². The zero-order valence-corrected chi connectivity index (χ0v) is 15.2. The predicted octanol–water partition coefficient (Wildman–Crippen LogP) is 1.92. The Morgan fingerprint density at radius 3 is 2.31 bits per heavy atom. The number of hydrogen-bond donors (Lipinski definition) is 1. The Bertz CT molecular complexity index is 750. The number of benzene rings is 1. The van der Waals surface area contributed by atoms with E-state index in [1.807, 2.05) is 6.07 Å². The maximum absolute atomic E-state index is 11.4. The minimum atomic E-state index is -0.105. The number of anilines is 1. The maximum atomic E-state index is 11.4. The molecule has 2 heterocycles. The average Bonchev–Trinajstić information content (AvgIpc) is 3.43. The van der Waals surface area contributed by atoms with E-state index in [-0.39, 0.29) is 11.4 Å². The molecule has 0 radical (unpaired) electrons. The van der Waals surface area contributed by atoms with Crippen molar-refractivity contribution in [3.63, 3.8) is 0 Å². The third-order valence-electron chi connectivity index (χ3n) is 5.29. The molecule has 0 unspecified atom stereocenters. The molecule has 2 aliphatic rings. The third-order valence-corrected chi connectivity index (χ3v) is 5.29. The van der Waals surface area contributed by atoms with E-state index in [0.29, 0.717) is 0 Å². The summed E-state index contributed by atoms with van der Waals surface area (Å²) in [5.74, 6) is 0.871. The second-order valence-corrected chi connectivity index (χ2v) is 7.27. The number of hydrogen-bond acceptors (Lipinski definition) is 5. The first-order chi connectivity index (χ1) is 12.6. The Morgan fingerprint density at radius 2 is 1.73 bits per heavy atom. The number of aromatic nitrogens is 2. The molecule has 0 spiro atoms. The lowest BCUT2D eigenvalue weighted by atomic mass is 10.0. The van der Waals surface area contributed by atoms with E-state index in [9.17, 15) is 4.79 Å². The summed E-state index contributed by atoms with van der Waals surface area (Å²) in [5.41, 5.74) is 2.44. The highest BCUT2D eigenvalue weighted by molar-refractivity contribution is 5.74. The van der Waals surface area contributed by atoms with Crippen molar-refractivity contribution in [2.45, 2.75) is 31.8 Å². The van der Waals surface area contributed by atoms with Crippen LogP contribution in [0.4, 0.5) is 5.95 Å². The summed E-state index contributed by atoms with van der Waals surface area (Å²) >= 11 is 0. The Balaban J connectivity index is 1.32. The number of carbonyl (C=O) groups excluding carboxylic acids is 1. The van der Waals surface area contributed by atoms with Gasteiger partial charge in [0.25, 0.3) is 0 Å². The van der Waals surface area contributed by atoms with Crippen molar-refractivity contribution in [1.29, 1.82) is 0 Å². The molecule has 1 aromatic carbocycles. The summed E-state index contributed by atoms with van der Waals surface area (Å²) < 4.78 is 0. The van der Waals surface area contributed by atoms with Gasteiger partial charge in [0.05, 0.1) is 5.54 Å². The highest BCUT2D eigenvalue weighted by Crippen LogP contribution is 2.45. The molecule has 136 valence electrons. The second-order valence-electron chi connectivity index (χ2n) is 7.27. The summed E-state index contributed by atoms with van der Waals surface area (Å²) in [6.07, 6.45) is 5.67. The Labute approximate surface area is 154 Å². The monoisotopic (exact) mass is 351 g/mol. The van der Waals surface area contributed by atoms with Crippen LogP contribution in [0, 0.1) is 0 Å². The minimum absolute atomic E-state index is 0.0480. The number of nitrogens with one attached hydrogen (secondary N) is 1. The van der Waals surface area contributed by atoms with Gasteiger partial charge in [0.15, 0.2) is 0 Å². The summed E-state index contributed by atoms with van der Waals surface area (Å²) in [6.45, 7) is 6.47. The molecule has 1 aliphatic carbocycles. The van der Waals surface area contributed by atoms with Crippen LogP contribution >= 0.6 is 0 Å². The molecule has 4 rings (SSSR count). The van der Waals surface area contributed by atoms with E-state index < -0.39 is 0 Å². The Morgan fingerprint density at radius 1 is 1.08 bits per heavy atom. The van der Waals surface area contributed by atoms with Crippen LogP contribution in [0.2, 0.25) is 0 Å². The Hall–Kier alpha value is -2.47. The molecule has 1 amide bonds. The van der Waals surface area contributed by atoms with Gasteiger partial charge in [0.2, 0.25) is 11.9 Å². The van der Waals surface area contributed by atoms with Gasteiger partial charge in [-0.3, -0.25) is 9.69 Å². The van der Waals surface area contributed by atoms with Gasteiger partial charge >= 0.3 is 0 Å². The van der Waals surface area contributed by atoms with Gasteiger partial charge in [0, 0.05) is 52.0 Å². The molecule has 1 N–H and O–H groups in total. The van der Waals surface area contributed by atoms with E-state index in [4.69, 9.17) is 0 Å². The zero-order valence-electron chi connectivity index (χ0n) is 15.2. The molecule has 6 heteroatoms. The largest absolute Gasteiger partial charge is 0.347 e. The zero-order chi connectivity index (χ0) is 18.0. The fourth-order valence-electron chi connectivity index (χ4n) is 3.70. The number of rotatable bonds is 5. The smallest absolute Gasteiger partial charge is 0.225 e. The van der Waals surface area contributed by atoms with Gasteiger partial charge in [-0.1, -0.05) is 24.3 Å². The van der Waals surface area contributed by atoms with Crippen LogP contribution in [-0.4, -0.2) is 47.0 Å². The van der Waals surface area contributed by atoms with Crippen molar-refractivity contribution in [2.75, 3.05) is 31.1 Å². The number of carbonyl (C=O) groups is 1. The first-order valence-corrected chi connectivity index (χ1v) is 9.27. The van der Waals surface area contributed by atoms with Crippen LogP contribution < -0.4 is 10.2 Å². The van der Waals surface area contributed by atoms with Crippen molar-refractivity contribution in [3.05, 3.63) is 53.9 Å². The number of nitrogens with zero attached hydrogens (tertiary/aromatic N) is 4. The van der Waals surface area contributed by atoms with Crippen LogP contribution in [0.25, 0.3) is 0 Å². The summed E-state index contributed by atoms with van der Waals surface area (Å²) in [5, 5.41) is 3.10. The molecule has 6 nitrogen and oxygen atoms in total. The van der Waals surface area contributed by atoms with Crippen LogP contribution in [0.5, 0.6) is 0 Å². The van der Waals surface area contributed by atoms with E-state index in [1.54, 1.807) is 19.3 Å². The SMILES string of the molecule is CC(=O)NC1(c2ccc(CN3CCN(c4ncccn4)CC3)cc2)CC1. The maximum Gasteiger partial charge on any atom is 0.225 e. The van der Waals surface area contributed by atoms with Crippen molar-refractivity contribution < 1.29 is 4.79 Å². The van der Waals surface area contributed by atoms with Gasteiger partial charge in [-0.05, 0) is 30.0 Å². The average molecular weight is 351 g/mol. The molecule has 1 aliphatic heterocycles. The van der Waals surface area contributed by atoms with E-state index in [2.05, 4.69) is 49.4 Å². The van der Waals surface area contributed by atoms with Crippen LogP contribution in [0.3, 0.4) is 0 Å². The highest BCUT2D eigenvalue weighted by atomic mass is 16.1. The van der Waals surface area contributed by atoms with Crippen molar-refractivity contribution in [2.24, 2.45) is 0 Å². The van der Waals surface area contributed by atoms with Gasteiger partial charge < -0.3 is 10.2 Å². The van der Waals surface area contributed by atoms with Gasteiger partial charge in [0.1, 0.15) is 0 Å². The molecule has 0 bridgehead atoms. The first-order valence-electron chi connectivity index (χ1n) is 9.27. The molecule has 1 saturated heterocycles. The predicted molar refractivity (Wildman–Crippen MR) is 101 cm³/mol. The van der Waals surface area contributed by atoms with Gasteiger partial charge in [-0.25, -0.2) is 9.97 Å². The van der Waals surface area contributed by atoms with Crippen LogP contribution in [0.1, 0.15) is 30.9 Å². The van der Waals surface area contributed by atoms with Crippen LogP contribution in [-0.2, 0) is 16.9 Å². The van der Waals surface area contributed by atoms with Crippen molar-refractivity contribution in [1.82, 2.24) is 20.2 Å². The third kappa shape index (κ3) is 3.70. The molecular weight excluding hydrogens is 326 g/mol. The van der Waals surface area contributed by atoms with E-state index in [1.165, 1.54) is 11.1 Å². The quantitative estimate of drug-likeness (QED) is 0.892. The standard InChI is InChI=1S/C20H25N5O/c1-16(26)23-20(7-8-20)18-5-3-17(4-6-18)15-24-11-13-25(14-12-24)19-21-9-2-10-22-19/h2-6,9-10H,7-8,11-15H2,1H3,(H,23,26). The molecule has 26 heavy (non-hydrogen) atoms. The number of piperazine rings is 1. The summed E-state index contributed by atoms with van der Waals surface area (Å²) in [7, 11) is 0. The lowest BCUT2D eigenvalue weighted by molar-refractivity contribution is -0.120. The molecule has 2 fully saturated rings. The fraction of sp³-hybridized carbons (Fsp3) is 0.450. The Kier molecular flexibility index (Phi) is 4.59. The van der Waals surface area contributed by atoms with E-state index >= 15 is 0 Å². The minimum Gasteiger partial charge on any atom is -0.347 e. The molecule has 1 saturated carbocycles. The molecule has 2 aromatic rings. The van der Waals surface area contributed by atoms with Crippen molar-refractivity contribution >= 4 is 11.9 Å². The topological polar surface area (TPSA) is 61.4 Å². The first kappa shape index (κ1) is 17.0. The van der Waals surface area contributed by atoms with Crippen molar-refractivity contribution in [3.8, 4) is 0 Å². The highest BCUT2D eigenvalue weighted by Gasteiger charge is 2.44. The molecule has 1 aromatic heterocycles. The summed E-state index contributed by atoms with van der Waals surface area (Å²) in [6, 6.07) is 10.6. The lowest BCUT2D eigenvalue weighted by Crippen LogP contribution is -2.46. The molecule has 0 atom stereocenters. The second kappa shape index (κ2) is 7.03. The summed E-state index contributed by atoms with van der Waals surface area (Å²) in [4.78, 5) is 24.8. The fourth-order valence-corrected chi connectivity index (χ4v) is 3.70.